The van der Waals surface area contributed by atoms with Crippen LogP contribution >= 0.6 is 11.6 Å². The molecule has 0 unspecified atom stereocenters. The number of carbonyl (C=O) groups excluding carboxylic acids is 2. The van der Waals surface area contributed by atoms with Crippen LogP contribution in [0.1, 0.15) is 29.6 Å². The summed E-state index contributed by atoms with van der Waals surface area (Å²) in [5.41, 5.74) is -0.0974. The van der Waals surface area contributed by atoms with E-state index in [9.17, 15) is 19.5 Å². The largest absolute Gasteiger partial charge is 0.481 e. The molecule has 0 spiro atoms. The lowest BCUT2D eigenvalue weighted by Gasteiger charge is -2.37. The molecule has 8 nitrogen and oxygen atoms in total. The monoisotopic (exact) mass is 381 g/mol. The van der Waals surface area contributed by atoms with Crippen molar-refractivity contribution in [2.75, 3.05) is 31.2 Å². The Morgan fingerprint density at radius 3 is 2.69 bits per heavy atom. The zero-order chi connectivity index (χ0) is 18.7. The van der Waals surface area contributed by atoms with E-state index >= 15 is 0 Å². The number of carboxylic acids is 1. The predicted octanol–water partition coefficient (Wildman–Crippen LogP) is 1.62. The van der Waals surface area contributed by atoms with Crippen molar-refractivity contribution in [2.45, 2.75) is 24.8 Å². The molecule has 140 valence electrons. The molecule has 0 aliphatic carbocycles. The van der Waals surface area contributed by atoms with Crippen LogP contribution in [0, 0.1) is 0 Å². The molecule has 1 aromatic carbocycles. The Hall–Kier alpha value is -2.32. The van der Waals surface area contributed by atoms with Gasteiger partial charge in [0.25, 0.3) is 5.91 Å². The molecule has 0 aromatic heterocycles. The number of ether oxygens (including phenoxy) is 1. The Morgan fingerprint density at radius 1 is 1.35 bits per heavy atom. The first-order chi connectivity index (χ1) is 12.4. The minimum atomic E-state index is -0.985. The lowest BCUT2D eigenvalue weighted by atomic mass is 9.86. The van der Waals surface area contributed by atoms with Crippen molar-refractivity contribution < 1.29 is 24.2 Å². The third kappa shape index (κ3) is 3.91. The van der Waals surface area contributed by atoms with Gasteiger partial charge in [-0.05, 0) is 31.0 Å². The van der Waals surface area contributed by atoms with Crippen molar-refractivity contribution >= 4 is 35.2 Å². The van der Waals surface area contributed by atoms with Gasteiger partial charge in [0.05, 0.1) is 22.5 Å². The smallest absolute Gasteiger partial charge is 0.321 e. The van der Waals surface area contributed by atoms with Crippen LogP contribution in [0.15, 0.2) is 18.2 Å². The van der Waals surface area contributed by atoms with Crippen LogP contribution in [0.5, 0.6) is 0 Å². The molecular formula is C17H20ClN3O5. The molecular weight excluding hydrogens is 362 g/mol. The number of carbonyl (C=O) groups is 3. The van der Waals surface area contributed by atoms with Crippen LogP contribution in [-0.4, -0.2) is 54.9 Å². The van der Waals surface area contributed by atoms with Crippen molar-refractivity contribution in [1.29, 1.82) is 0 Å². The number of hydrogen-bond acceptors (Lipinski definition) is 4. The standard InChI is InChI=1S/C17H20ClN3O5/c18-13-2-1-11(21-6-5-19-16(21)25)9-12(13)15(24)20-17(10-14(22)23)3-7-26-8-4-17/h1-2,9H,3-8,10H2,(H,19,25)(H,20,24)(H,22,23). The topological polar surface area (TPSA) is 108 Å². The predicted molar refractivity (Wildman–Crippen MR) is 94.7 cm³/mol. The van der Waals surface area contributed by atoms with Crippen molar-refractivity contribution in [3.05, 3.63) is 28.8 Å². The quantitative estimate of drug-likeness (QED) is 0.718. The minimum Gasteiger partial charge on any atom is -0.481 e. The molecule has 9 heteroatoms. The maximum absolute atomic E-state index is 12.8. The van der Waals surface area contributed by atoms with Crippen LogP contribution in [0.4, 0.5) is 10.5 Å². The molecule has 3 rings (SSSR count). The van der Waals surface area contributed by atoms with Crippen molar-refractivity contribution in [3.8, 4) is 0 Å². The molecule has 1 aromatic rings. The summed E-state index contributed by atoms with van der Waals surface area (Å²) in [6.07, 6.45) is 0.641. The van der Waals surface area contributed by atoms with Crippen molar-refractivity contribution in [1.82, 2.24) is 10.6 Å². The Labute approximate surface area is 155 Å². The van der Waals surface area contributed by atoms with Gasteiger partial charge < -0.3 is 20.5 Å². The Morgan fingerprint density at radius 2 is 2.08 bits per heavy atom. The fourth-order valence-corrected chi connectivity index (χ4v) is 3.48. The van der Waals surface area contributed by atoms with E-state index in [1.165, 1.54) is 4.90 Å². The average Bonchev–Trinajstić information content (AvgIpc) is 3.01. The molecule has 2 aliphatic heterocycles. The molecule has 3 amide bonds. The third-order valence-corrected chi connectivity index (χ3v) is 5.01. The van der Waals surface area contributed by atoms with E-state index in [1.807, 2.05) is 0 Å². The summed E-state index contributed by atoms with van der Waals surface area (Å²) >= 11 is 6.18. The first-order valence-electron chi connectivity index (χ1n) is 8.37. The van der Waals surface area contributed by atoms with Gasteiger partial charge in [0.1, 0.15) is 0 Å². The van der Waals surface area contributed by atoms with Gasteiger partial charge in [-0.15, -0.1) is 0 Å². The fourth-order valence-electron chi connectivity index (χ4n) is 3.28. The highest BCUT2D eigenvalue weighted by molar-refractivity contribution is 6.34. The van der Waals surface area contributed by atoms with E-state index in [4.69, 9.17) is 16.3 Å². The summed E-state index contributed by atoms with van der Waals surface area (Å²) in [6, 6.07) is 4.55. The summed E-state index contributed by atoms with van der Waals surface area (Å²) < 4.78 is 5.29. The van der Waals surface area contributed by atoms with E-state index < -0.39 is 17.4 Å². The van der Waals surface area contributed by atoms with Crippen molar-refractivity contribution in [3.63, 3.8) is 0 Å². The number of amides is 3. The highest BCUT2D eigenvalue weighted by Crippen LogP contribution is 2.28. The summed E-state index contributed by atoms with van der Waals surface area (Å²) in [7, 11) is 0. The number of anilines is 1. The van der Waals surface area contributed by atoms with Crippen LogP contribution in [0.3, 0.4) is 0 Å². The number of rotatable bonds is 5. The Balaban J connectivity index is 1.84. The maximum Gasteiger partial charge on any atom is 0.321 e. The van der Waals surface area contributed by atoms with Gasteiger partial charge in [0.2, 0.25) is 0 Å². The van der Waals surface area contributed by atoms with E-state index in [1.54, 1.807) is 18.2 Å². The van der Waals surface area contributed by atoms with Crippen LogP contribution in [0.25, 0.3) is 0 Å². The Kier molecular flexibility index (Phi) is 5.33. The summed E-state index contributed by atoms with van der Waals surface area (Å²) in [5.74, 6) is -1.44. The number of nitrogens with one attached hydrogen (secondary N) is 2. The van der Waals surface area contributed by atoms with Gasteiger partial charge in [0.15, 0.2) is 0 Å². The summed E-state index contributed by atoms with van der Waals surface area (Å²) in [5, 5.41) is 15.0. The SMILES string of the molecule is O=C(O)CC1(NC(=O)c2cc(N3CCNC3=O)ccc2Cl)CCOCC1. The minimum absolute atomic E-state index is 0.187. The molecule has 26 heavy (non-hydrogen) atoms. The number of hydrogen-bond donors (Lipinski definition) is 3. The molecule has 2 heterocycles. The first-order valence-corrected chi connectivity index (χ1v) is 8.75. The molecule has 0 atom stereocenters. The van der Waals surface area contributed by atoms with E-state index in [-0.39, 0.29) is 23.0 Å². The van der Waals surface area contributed by atoms with Gasteiger partial charge in [-0.1, -0.05) is 11.6 Å². The summed E-state index contributed by atoms with van der Waals surface area (Å²) in [4.78, 5) is 37.4. The molecule has 0 bridgehead atoms. The zero-order valence-electron chi connectivity index (χ0n) is 14.1. The van der Waals surface area contributed by atoms with Crippen LogP contribution < -0.4 is 15.5 Å². The second kappa shape index (κ2) is 7.51. The third-order valence-electron chi connectivity index (χ3n) is 4.68. The van der Waals surface area contributed by atoms with Crippen molar-refractivity contribution in [2.24, 2.45) is 0 Å². The number of aliphatic carboxylic acids is 1. The number of carboxylic acid groups (broad SMARTS) is 1. The molecule has 3 N–H and O–H groups in total. The van der Waals surface area contributed by atoms with Crippen LogP contribution in [0.2, 0.25) is 5.02 Å². The molecule has 2 saturated heterocycles. The molecule has 0 saturated carbocycles. The molecule has 0 radical (unpaired) electrons. The highest BCUT2D eigenvalue weighted by Gasteiger charge is 2.37. The van der Waals surface area contributed by atoms with Crippen LogP contribution in [-0.2, 0) is 9.53 Å². The normalized spacial score (nSPS) is 19.1. The maximum atomic E-state index is 12.8. The number of nitrogens with zero attached hydrogens (tertiary/aromatic N) is 1. The van der Waals surface area contributed by atoms with Gasteiger partial charge >= 0.3 is 12.0 Å². The number of urea groups is 1. The lowest BCUT2D eigenvalue weighted by molar-refractivity contribution is -0.139. The number of halogens is 1. The molecule has 2 aliphatic rings. The highest BCUT2D eigenvalue weighted by atomic mass is 35.5. The Bertz CT molecular complexity index is 733. The first kappa shape index (κ1) is 18.5. The van der Waals surface area contributed by atoms with Gasteiger partial charge in [-0.3, -0.25) is 14.5 Å². The van der Waals surface area contributed by atoms with Gasteiger partial charge in [-0.2, -0.15) is 0 Å². The fraction of sp³-hybridized carbons (Fsp3) is 0.471. The number of benzene rings is 1. The zero-order valence-corrected chi connectivity index (χ0v) is 14.8. The lowest BCUT2D eigenvalue weighted by Crippen LogP contribution is -2.53. The van der Waals surface area contributed by atoms with Gasteiger partial charge in [0, 0.05) is 32.0 Å². The van der Waals surface area contributed by atoms with Gasteiger partial charge in [-0.25, -0.2) is 4.79 Å². The molecule has 2 fully saturated rings. The second-order valence-corrected chi connectivity index (χ2v) is 6.87. The second-order valence-electron chi connectivity index (χ2n) is 6.47. The van der Waals surface area contributed by atoms with E-state index in [0.717, 1.165) is 0 Å². The van der Waals surface area contributed by atoms with E-state index in [2.05, 4.69) is 10.6 Å². The summed E-state index contributed by atoms with van der Waals surface area (Å²) in [6.45, 7) is 1.80. The average molecular weight is 382 g/mol. The van der Waals surface area contributed by atoms with E-state index in [0.29, 0.717) is 44.8 Å².